The number of carbonyl (C=O) groups is 1. The summed E-state index contributed by atoms with van der Waals surface area (Å²) >= 11 is 1.64. The van der Waals surface area contributed by atoms with Crippen LogP contribution in [0.4, 0.5) is 0 Å². The molecular formula is C17H24IN5OS. The molecule has 0 unspecified atom stereocenters. The van der Waals surface area contributed by atoms with Gasteiger partial charge in [0.05, 0.1) is 23.8 Å². The van der Waals surface area contributed by atoms with E-state index in [1.165, 1.54) is 0 Å². The number of thiazole rings is 1. The Labute approximate surface area is 169 Å². The van der Waals surface area contributed by atoms with Gasteiger partial charge < -0.3 is 16.0 Å². The number of nitrogens with two attached hydrogens (primary N) is 1. The minimum Gasteiger partial charge on any atom is -0.366 e. The fourth-order valence-electron chi connectivity index (χ4n) is 2.26. The summed E-state index contributed by atoms with van der Waals surface area (Å²) in [6.07, 6.45) is 0. The van der Waals surface area contributed by atoms with Crippen molar-refractivity contribution in [3.05, 3.63) is 51.5 Å². The Kier molecular flexibility index (Phi) is 8.84. The van der Waals surface area contributed by atoms with Gasteiger partial charge in [-0.2, -0.15) is 0 Å². The molecule has 6 nitrogen and oxygen atoms in total. The van der Waals surface area contributed by atoms with Crippen LogP contribution in [0.2, 0.25) is 0 Å². The third kappa shape index (κ3) is 6.62. The van der Waals surface area contributed by atoms with Crippen molar-refractivity contribution in [2.75, 3.05) is 13.6 Å². The molecule has 0 spiro atoms. The number of amides is 1. The lowest BCUT2D eigenvalue weighted by Crippen LogP contribution is -2.38. The van der Waals surface area contributed by atoms with Gasteiger partial charge in [-0.15, -0.1) is 35.3 Å². The van der Waals surface area contributed by atoms with Crippen LogP contribution < -0.4 is 11.1 Å². The molecule has 0 saturated carbocycles. The van der Waals surface area contributed by atoms with E-state index in [-0.39, 0.29) is 24.0 Å². The first-order valence-electron chi connectivity index (χ1n) is 7.78. The maximum absolute atomic E-state index is 11.3. The molecule has 1 amide bonds. The van der Waals surface area contributed by atoms with Gasteiger partial charge in [-0.3, -0.25) is 4.79 Å². The lowest BCUT2D eigenvalue weighted by atomic mass is 10.1. The van der Waals surface area contributed by atoms with E-state index in [9.17, 15) is 4.79 Å². The van der Waals surface area contributed by atoms with E-state index in [4.69, 9.17) is 5.73 Å². The smallest absolute Gasteiger partial charge is 0.248 e. The highest BCUT2D eigenvalue weighted by atomic mass is 127. The van der Waals surface area contributed by atoms with Crippen molar-refractivity contribution in [1.29, 1.82) is 0 Å². The Bertz CT molecular complexity index is 731. The highest BCUT2D eigenvalue weighted by molar-refractivity contribution is 14.0. The highest BCUT2D eigenvalue weighted by Crippen LogP contribution is 2.10. The molecular weight excluding hydrogens is 449 g/mol. The van der Waals surface area contributed by atoms with Crippen molar-refractivity contribution in [2.45, 2.75) is 26.9 Å². The van der Waals surface area contributed by atoms with E-state index in [2.05, 4.69) is 20.7 Å². The first-order chi connectivity index (χ1) is 11.5. The second kappa shape index (κ2) is 10.3. The summed E-state index contributed by atoms with van der Waals surface area (Å²) in [4.78, 5) is 22.4. The molecule has 0 fully saturated rings. The van der Waals surface area contributed by atoms with Crippen LogP contribution in [0, 0.1) is 6.92 Å². The van der Waals surface area contributed by atoms with Crippen LogP contribution in [0.5, 0.6) is 0 Å². The monoisotopic (exact) mass is 473 g/mol. The number of benzene rings is 1. The maximum atomic E-state index is 11.3. The first-order valence-corrected chi connectivity index (χ1v) is 8.66. The third-order valence-corrected chi connectivity index (χ3v) is 4.21. The van der Waals surface area contributed by atoms with Crippen LogP contribution >= 0.6 is 35.3 Å². The number of aliphatic imine (C=N–C) groups is 1. The van der Waals surface area contributed by atoms with E-state index in [1.807, 2.05) is 37.9 Å². The van der Waals surface area contributed by atoms with Crippen molar-refractivity contribution in [1.82, 2.24) is 15.2 Å². The van der Waals surface area contributed by atoms with Crippen LogP contribution in [-0.2, 0) is 13.1 Å². The number of guanidine groups is 1. The number of nitrogens with zero attached hydrogens (tertiary/aromatic N) is 3. The third-order valence-electron chi connectivity index (χ3n) is 3.39. The number of halogens is 1. The molecule has 2 aromatic rings. The van der Waals surface area contributed by atoms with Crippen molar-refractivity contribution in [3.8, 4) is 0 Å². The number of nitrogens with one attached hydrogen (secondary N) is 1. The largest absolute Gasteiger partial charge is 0.366 e. The van der Waals surface area contributed by atoms with Gasteiger partial charge in [0.2, 0.25) is 5.91 Å². The summed E-state index contributed by atoms with van der Waals surface area (Å²) < 4.78 is 0. The number of hydrogen-bond donors (Lipinski definition) is 2. The fourth-order valence-corrected chi connectivity index (χ4v) is 2.86. The minimum atomic E-state index is -0.427. The summed E-state index contributed by atoms with van der Waals surface area (Å²) in [6.45, 7) is 5.98. The van der Waals surface area contributed by atoms with Crippen LogP contribution in [0.15, 0.2) is 34.6 Å². The van der Waals surface area contributed by atoms with Crippen LogP contribution in [0.1, 0.15) is 33.5 Å². The molecule has 25 heavy (non-hydrogen) atoms. The molecule has 136 valence electrons. The Morgan fingerprint density at radius 2 is 2.20 bits per heavy atom. The number of carbonyl (C=O) groups excluding carboxylic acids is 1. The number of aryl methyl sites for hydroxylation is 1. The van der Waals surface area contributed by atoms with Gasteiger partial charge in [-0.25, -0.2) is 9.98 Å². The van der Waals surface area contributed by atoms with E-state index < -0.39 is 5.91 Å². The molecule has 8 heteroatoms. The van der Waals surface area contributed by atoms with Crippen molar-refractivity contribution >= 4 is 47.2 Å². The maximum Gasteiger partial charge on any atom is 0.248 e. The zero-order valence-corrected chi connectivity index (χ0v) is 17.8. The first kappa shape index (κ1) is 21.4. The lowest BCUT2D eigenvalue weighted by molar-refractivity contribution is 0.1000. The Hall–Kier alpha value is -1.68. The normalized spacial score (nSPS) is 10.9. The zero-order valence-electron chi connectivity index (χ0n) is 14.7. The van der Waals surface area contributed by atoms with Gasteiger partial charge in [-0.1, -0.05) is 12.1 Å². The molecule has 0 atom stereocenters. The number of aromatic nitrogens is 1. The van der Waals surface area contributed by atoms with Gasteiger partial charge in [0.1, 0.15) is 0 Å². The molecule has 3 N–H and O–H groups in total. The molecule has 0 aliphatic heterocycles. The van der Waals surface area contributed by atoms with E-state index in [0.29, 0.717) is 18.7 Å². The molecule has 0 radical (unpaired) electrons. The number of hydrogen-bond acceptors (Lipinski definition) is 4. The molecule has 0 saturated heterocycles. The zero-order chi connectivity index (χ0) is 17.5. The summed E-state index contributed by atoms with van der Waals surface area (Å²) in [5.74, 6) is 0.372. The van der Waals surface area contributed by atoms with Crippen LogP contribution in [-0.4, -0.2) is 35.3 Å². The van der Waals surface area contributed by atoms with Gasteiger partial charge in [-0.05, 0) is 31.5 Å². The number of rotatable bonds is 6. The molecule has 2 rings (SSSR count). The average Bonchev–Trinajstić information content (AvgIpc) is 2.96. The summed E-state index contributed by atoms with van der Waals surface area (Å²) in [6, 6.07) is 7.24. The Morgan fingerprint density at radius 1 is 1.44 bits per heavy atom. The lowest BCUT2D eigenvalue weighted by Gasteiger charge is -2.21. The SMILES string of the molecule is CCNC(=NCc1cccc(C(N)=O)c1)N(C)Cc1csc(C)n1.I. The van der Waals surface area contributed by atoms with E-state index in [0.717, 1.165) is 28.8 Å². The predicted molar refractivity (Wildman–Crippen MR) is 114 cm³/mol. The highest BCUT2D eigenvalue weighted by Gasteiger charge is 2.09. The average molecular weight is 473 g/mol. The quantitative estimate of drug-likeness (QED) is 0.384. The van der Waals surface area contributed by atoms with E-state index >= 15 is 0 Å². The molecule has 0 bridgehead atoms. The molecule has 0 aliphatic carbocycles. The summed E-state index contributed by atoms with van der Waals surface area (Å²) in [5, 5.41) is 6.40. The molecule has 1 aromatic carbocycles. The fraction of sp³-hybridized carbons (Fsp3) is 0.353. The number of primary amides is 1. The second-order valence-corrected chi connectivity index (χ2v) is 6.51. The predicted octanol–water partition coefficient (Wildman–Crippen LogP) is 2.77. The topological polar surface area (TPSA) is 83.6 Å². The van der Waals surface area contributed by atoms with Crippen LogP contribution in [0.25, 0.3) is 0 Å². The van der Waals surface area contributed by atoms with E-state index in [1.54, 1.807) is 23.5 Å². The van der Waals surface area contributed by atoms with Gasteiger partial charge in [0, 0.05) is 24.5 Å². The van der Waals surface area contributed by atoms with Crippen molar-refractivity contribution in [3.63, 3.8) is 0 Å². The van der Waals surface area contributed by atoms with Crippen molar-refractivity contribution in [2.24, 2.45) is 10.7 Å². The van der Waals surface area contributed by atoms with Crippen molar-refractivity contribution < 1.29 is 4.79 Å². The van der Waals surface area contributed by atoms with Gasteiger partial charge in [0.15, 0.2) is 5.96 Å². The molecule has 0 aliphatic rings. The second-order valence-electron chi connectivity index (χ2n) is 5.45. The molecule has 1 aromatic heterocycles. The Balaban J connectivity index is 0.00000312. The summed E-state index contributed by atoms with van der Waals surface area (Å²) in [7, 11) is 1.98. The Morgan fingerprint density at radius 3 is 2.80 bits per heavy atom. The summed E-state index contributed by atoms with van der Waals surface area (Å²) in [5.41, 5.74) is 7.79. The van der Waals surface area contributed by atoms with Gasteiger partial charge >= 0.3 is 0 Å². The minimum absolute atomic E-state index is 0. The van der Waals surface area contributed by atoms with Crippen LogP contribution in [0.3, 0.4) is 0 Å². The molecule has 1 heterocycles. The van der Waals surface area contributed by atoms with Gasteiger partial charge in [0.25, 0.3) is 0 Å². The standard InChI is InChI=1S/C17H23N5OS.HI/c1-4-19-17(22(3)10-15-11-24-12(2)21-15)20-9-13-6-5-7-14(8-13)16(18)23;/h5-8,11H,4,9-10H2,1-3H3,(H2,18,23)(H,19,20);1H.